The van der Waals surface area contributed by atoms with Crippen molar-refractivity contribution >= 4 is 0 Å². The Bertz CT molecular complexity index is 752. The second-order valence-corrected chi connectivity index (χ2v) is 4.63. The van der Waals surface area contributed by atoms with Crippen molar-refractivity contribution in [1.82, 2.24) is 9.13 Å². The SMILES string of the molecule is Cc1cc(-n2c(O)cn(C)c2=O)ccc1OC(F)(F)C(F)F. The molecule has 0 bridgehead atoms. The van der Waals surface area contributed by atoms with Gasteiger partial charge >= 0.3 is 18.2 Å². The third-order valence-corrected chi connectivity index (χ3v) is 2.95. The summed E-state index contributed by atoms with van der Waals surface area (Å²) in [5.41, 5.74) is -0.259. The number of aromatic hydroxyl groups is 1. The van der Waals surface area contributed by atoms with Crippen LogP contribution < -0.4 is 10.4 Å². The fourth-order valence-corrected chi connectivity index (χ4v) is 1.86. The summed E-state index contributed by atoms with van der Waals surface area (Å²) in [5.74, 6) is -0.795. The number of aryl methyl sites for hydroxylation is 2. The van der Waals surface area contributed by atoms with Gasteiger partial charge in [0.2, 0.25) is 5.88 Å². The van der Waals surface area contributed by atoms with E-state index in [0.29, 0.717) is 0 Å². The number of hydrogen-bond donors (Lipinski definition) is 1. The van der Waals surface area contributed by atoms with Crippen molar-refractivity contribution in [3.63, 3.8) is 0 Å². The van der Waals surface area contributed by atoms with Crippen LogP contribution in [0.1, 0.15) is 5.56 Å². The molecule has 5 nitrogen and oxygen atoms in total. The van der Waals surface area contributed by atoms with Crippen LogP contribution in [0.15, 0.2) is 29.2 Å². The zero-order chi connectivity index (χ0) is 16.7. The van der Waals surface area contributed by atoms with E-state index < -0.39 is 24.0 Å². The molecule has 0 saturated heterocycles. The summed E-state index contributed by atoms with van der Waals surface area (Å²) in [7, 11) is 1.42. The van der Waals surface area contributed by atoms with Gasteiger partial charge in [-0.3, -0.25) is 4.57 Å². The zero-order valence-electron chi connectivity index (χ0n) is 11.6. The van der Waals surface area contributed by atoms with Gasteiger partial charge in [-0.1, -0.05) is 0 Å². The summed E-state index contributed by atoms with van der Waals surface area (Å²) >= 11 is 0. The molecule has 120 valence electrons. The number of halogens is 4. The van der Waals surface area contributed by atoms with E-state index in [2.05, 4.69) is 4.74 Å². The molecule has 0 atom stereocenters. The summed E-state index contributed by atoms with van der Waals surface area (Å²) in [4.78, 5) is 11.8. The highest BCUT2D eigenvalue weighted by atomic mass is 19.3. The van der Waals surface area contributed by atoms with Gasteiger partial charge in [0.25, 0.3) is 0 Å². The monoisotopic (exact) mass is 320 g/mol. The molecular formula is C13H12F4N2O3. The molecule has 0 radical (unpaired) electrons. The Labute approximate surface area is 122 Å². The second kappa shape index (κ2) is 5.39. The molecule has 0 aliphatic heterocycles. The minimum atomic E-state index is -4.61. The molecule has 2 aromatic rings. The van der Waals surface area contributed by atoms with Crippen LogP contribution in [0.25, 0.3) is 5.69 Å². The first-order valence-electron chi connectivity index (χ1n) is 6.07. The third kappa shape index (κ3) is 2.78. The maximum Gasteiger partial charge on any atom is 0.461 e. The molecule has 1 aromatic carbocycles. The highest BCUT2D eigenvalue weighted by molar-refractivity contribution is 5.45. The number of rotatable bonds is 4. The molecule has 2 rings (SSSR count). The van der Waals surface area contributed by atoms with Crippen LogP contribution in [0.3, 0.4) is 0 Å². The smallest absolute Gasteiger partial charge is 0.461 e. The van der Waals surface area contributed by atoms with Gasteiger partial charge in [-0.05, 0) is 30.7 Å². The lowest BCUT2D eigenvalue weighted by Gasteiger charge is -2.18. The zero-order valence-corrected chi connectivity index (χ0v) is 11.6. The molecule has 0 aliphatic carbocycles. The molecule has 0 spiro atoms. The number of alkyl halides is 4. The number of ether oxygens (including phenoxy) is 1. The summed E-state index contributed by atoms with van der Waals surface area (Å²) in [6.45, 7) is 1.35. The number of nitrogens with zero attached hydrogens (tertiary/aromatic N) is 2. The molecule has 0 saturated carbocycles. The van der Waals surface area contributed by atoms with E-state index in [1.54, 1.807) is 0 Å². The maximum atomic E-state index is 12.9. The highest BCUT2D eigenvalue weighted by Crippen LogP contribution is 2.31. The van der Waals surface area contributed by atoms with E-state index in [1.165, 1.54) is 32.3 Å². The summed E-state index contributed by atoms with van der Waals surface area (Å²) in [6.07, 6.45) is -7.40. The minimum absolute atomic E-state index is 0.105. The van der Waals surface area contributed by atoms with E-state index in [9.17, 15) is 27.5 Å². The third-order valence-electron chi connectivity index (χ3n) is 2.95. The highest BCUT2D eigenvalue weighted by Gasteiger charge is 2.44. The lowest BCUT2D eigenvalue weighted by Crippen LogP contribution is -2.33. The van der Waals surface area contributed by atoms with E-state index >= 15 is 0 Å². The number of imidazole rings is 1. The Morgan fingerprint density at radius 1 is 1.32 bits per heavy atom. The average Bonchev–Trinajstić information content (AvgIpc) is 2.65. The molecule has 0 amide bonds. The predicted molar refractivity (Wildman–Crippen MR) is 69.0 cm³/mol. The number of hydrogen-bond acceptors (Lipinski definition) is 3. The molecule has 0 unspecified atom stereocenters. The predicted octanol–water partition coefficient (Wildman–Crippen LogP) is 2.43. The molecule has 1 aromatic heterocycles. The van der Waals surface area contributed by atoms with E-state index in [-0.39, 0.29) is 17.1 Å². The molecule has 22 heavy (non-hydrogen) atoms. The first-order chi connectivity index (χ1) is 10.1. The van der Waals surface area contributed by atoms with Gasteiger partial charge in [-0.2, -0.15) is 17.6 Å². The van der Waals surface area contributed by atoms with Gasteiger partial charge in [0.15, 0.2) is 0 Å². The molecule has 0 fully saturated rings. The van der Waals surface area contributed by atoms with E-state index in [4.69, 9.17) is 0 Å². The minimum Gasteiger partial charge on any atom is -0.493 e. The van der Waals surface area contributed by atoms with Crippen LogP contribution in [-0.2, 0) is 7.05 Å². The van der Waals surface area contributed by atoms with Gasteiger partial charge < -0.3 is 9.84 Å². The van der Waals surface area contributed by atoms with Crippen LogP contribution in [0, 0.1) is 6.92 Å². The van der Waals surface area contributed by atoms with Crippen LogP contribution in [0.2, 0.25) is 0 Å². The van der Waals surface area contributed by atoms with Crippen molar-refractivity contribution in [3.05, 3.63) is 40.4 Å². The second-order valence-electron chi connectivity index (χ2n) is 4.63. The van der Waals surface area contributed by atoms with Gasteiger partial charge in [0.05, 0.1) is 11.9 Å². The van der Waals surface area contributed by atoms with Crippen molar-refractivity contribution in [2.75, 3.05) is 0 Å². The first-order valence-corrected chi connectivity index (χ1v) is 6.07. The topological polar surface area (TPSA) is 56.4 Å². The Kier molecular flexibility index (Phi) is 3.90. The van der Waals surface area contributed by atoms with E-state index in [1.807, 2.05) is 0 Å². The first kappa shape index (κ1) is 15.9. The van der Waals surface area contributed by atoms with Crippen LogP contribution in [0.5, 0.6) is 11.6 Å². The molecule has 0 aliphatic rings. The lowest BCUT2D eigenvalue weighted by molar-refractivity contribution is -0.253. The van der Waals surface area contributed by atoms with Crippen molar-refractivity contribution in [2.24, 2.45) is 7.05 Å². The quantitative estimate of drug-likeness (QED) is 0.880. The fraction of sp³-hybridized carbons (Fsp3) is 0.308. The Hall–Kier alpha value is -2.45. The van der Waals surface area contributed by atoms with Gasteiger partial charge in [0.1, 0.15) is 5.75 Å². The molecule has 1 N–H and O–H groups in total. The summed E-state index contributed by atoms with van der Waals surface area (Å²) in [6, 6.07) is 3.49. The standard InChI is InChI=1S/C13H12F4N2O3/c1-7-5-8(19-10(20)6-18(2)12(19)21)3-4-9(7)22-13(16,17)11(14)15/h3-6,11,20H,1-2H3. The Morgan fingerprint density at radius 2 is 1.95 bits per heavy atom. The van der Waals surface area contributed by atoms with Gasteiger partial charge in [-0.15, -0.1) is 0 Å². The van der Waals surface area contributed by atoms with Gasteiger partial charge in [-0.25, -0.2) is 9.36 Å². The summed E-state index contributed by atoms with van der Waals surface area (Å²) < 4.78 is 56.1. The van der Waals surface area contributed by atoms with Crippen LogP contribution >= 0.6 is 0 Å². The lowest BCUT2D eigenvalue weighted by atomic mass is 10.2. The van der Waals surface area contributed by atoms with Crippen molar-refractivity contribution in [1.29, 1.82) is 0 Å². The number of aromatic nitrogens is 2. The Morgan fingerprint density at radius 3 is 2.41 bits per heavy atom. The fourth-order valence-electron chi connectivity index (χ4n) is 1.86. The summed E-state index contributed by atoms with van der Waals surface area (Å²) in [5, 5.41) is 9.68. The number of benzene rings is 1. The normalized spacial score (nSPS) is 12.0. The van der Waals surface area contributed by atoms with Crippen LogP contribution in [-0.4, -0.2) is 26.8 Å². The molecule has 1 heterocycles. The average molecular weight is 320 g/mol. The Balaban J connectivity index is 2.41. The van der Waals surface area contributed by atoms with Gasteiger partial charge in [0, 0.05) is 7.05 Å². The molecule has 9 heteroatoms. The van der Waals surface area contributed by atoms with Crippen LogP contribution in [0.4, 0.5) is 17.6 Å². The molecular weight excluding hydrogens is 308 g/mol. The van der Waals surface area contributed by atoms with Crippen molar-refractivity contribution < 1.29 is 27.4 Å². The largest absolute Gasteiger partial charge is 0.493 e. The van der Waals surface area contributed by atoms with E-state index in [0.717, 1.165) is 15.2 Å². The maximum absolute atomic E-state index is 12.9. The van der Waals surface area contributed by atoms with Crippen molar-refractivity contribution in [2.45, 2.75) is 19.5 Å². The van der Waals surface area contributed by atoms with Crippen molar-refractivity contribution in [3.8, 4) is 17.3 Å².